The summed E-state index contributed by atoms with van der Waals surface area (Å²) in [4.78, 5) is 11.7. The maximum absolute atomic E-state index is 13.7. The molecule has 0 amide bonds. The first-order valence-corrected chi connectivity index (χ1v) is 6.88. The van der Waals surface area contributed by atoms with E-state index >= 15 is 0 Å². The van der Waals surface area contributed by atoms with E-state index in [4.69, 9.17) is 0 Å². The summed E-state index contributed by atoms with van der Waals surface area (Å²) in [6.07, 6.45) is 5.91. The molecule has 0 bridgehead atoms. The number of unbranched alkanes of at least 4 members (excludes halogenated alkanes) is 3. The van der Waals surface area contributed by atoms with Crippen LogP contribution in [0.25, 0.3) is 5.57 Å². The zero-order valence-corrected chi connectivity index (χ0v) is 11.9. The van der Waals surface area contributed by atoms with Gasteiger partial charge in [0.15, 0.2) is 17.3 Å². The predicted octanol–water partition coefficient (Wildman–Crippen LogP) is 4.18. The Kier molecular flexibility index (Phi) is 6.22. The van der Waals surface area contributed by atoms with Gasteiger partial charge < -0.3 is 10.2 Å². The van der Waals surface area contributed by atoms with Gasteiger partial charge in [-0.2, -0.15) is 0 Å². The first-order chi connectivity index (χ1) is 9.45. The number of hydrogen-bond acceptors (Lipinski definition) is 3. The molecule has 0 heterocycles. The molecule has 0 spiro atoms. The van der Waals surface area contributed by atoms with Crippen LogP contribution in [-0.4, -0.2) is 16.0 Å². The number of carbonyl (C=O) groups excluding carboxylic acids is 1. The molecule has 0 saturated carbocycles. The maximum atomic E-state index is 13.7. The normalized spacial score (nSPS) is 11.7. The van der Waals surface area contributed by atoms with Crippen molar-refractivity contribution in [1.82, 2.24) is 0 Å². The summed E-state index contributed by atoms with van der Waals surface area (Å²) in [5.74, 6) is -1.62. The van der Waals surface area contributed by atoms with E-state index in [9.17, 15) is 19.4 Å². The van der Waals surface area contributed by atoms with Crippen molar-refractivity contribution in [3.8, 4) is 11.5 Å². The number of allylic oxidation sites excluding steroid dienone is 2. The minimum Gasteiger partial charge on any atom is -0.504 e. The second kappa shape index (κ2) is 7.68. The highest BCUT2D eigenvalue weighted by Gasteiger charge is 2.11. The molecule has 0 aliphatic carbocycles. The van der Waals surface area contributed by atoms with E-state index in [0.29, 0.717) is 12.0 Å². The van der Waals surface area contributed by atoms with Crippen LogP contribution in [0.4, 0.5) is 4.39 Å². The van der Waals surface area contributed by atoms with Crippen LogP contribution in [0.15, 0.2) is 18.2 Å². The first-order valence-electron chi connectivity index (χ1n) is 6.88. The molecule has 0 aliphatic rings. The highest BCUT2D eigenvalue weighted by Crippen LogP contribution is 2.30. The van der Waals surface area contributed by atoms with E-state index in [1.165, 1.54) is 6.08 Å². The van der Waals surface area contributed by atoms with Gasteiger partial charge in [-0.15, -0.1) is 0 Å². The Hall–Kier alpha value is -1.84. The lowest BCUT2D eigenvalue weighted by Gasteiger charge is -2.06. The monoisotopic (exact) mass is 280 g/mol. The summed E-state index contributed by atoms with van der Waals surface area (Å²) in [6.45, 7) is 3.71. The molecule has 0 fully saturated rings. The van der Waals surface area contributed by atoms with Crippen LogP contribution in [0.1, 0.15) is 51.5 Å². The summed E-state index contributed by atoms with van der Waals surface area (Å²) < 4.78 is 13.7. The Bertz CT molecular complexity index is 507. The molecule has 20 heavy (non-hydrogen) atoms. The minimum atomic E-state index is -0.659. The van der Waals surface area contributed by atoms with Crippen LogP contribution in [0.3, 0.4) is 0 Å². The number of hydrogen-bond donors (Lipinski definition) is 2. The fourth-order valence-corrected chi connectivity index (χ4v) is 1.97. The smallest absolute Gasteiger partial charge is 0.160 e. The van der Waals surface area contributed by atoms with Gasteiger partial charge in [-0.1, -0.05) is 26.2 Å². The highest BCUT2D eigenvalue weighted by atomic mass is 19.1. The van der Waals surface area contributed by atoms with Crippen molar-refractivity contribution in [3.05, 3.63) is 29.6 Å². The van der Waals surface area contributed by atoms with Gasteiger partial charge in [0, 0.05) is 18.1 Å². The minimum absolute atomic E-state index is 0.0504. The highest BCUT2D eigenvalue weighted by molar-refractivity contribution is 5.96. The van der Waals surface area contributed by atoms with Crippen molar-refractivity contribution in [2.45, 2.75) is 46.0 Å². The van der Waals surface area contributed by atoms with Crippen LogP contribution in [0.5, 0.6) is 11.5 Å². The molecule has 1 rings (SSSR count). The average Bonchev–Trinajstić information content (AvgIpc) is 2.38. The molecular formula is C16H21FO3. The molecule has 0 aromatic heterocycles. The lowest BCUT2D eigenvalue weighted by Crippen LogP contribution is -1.96. The Morgan fingerprint density at radius 3 is 2.50 bits per heavy atom. The molecule has 0 atom stereocenters. The van der Waals surface area contributed by atoms with Gasteiger partial charge in [0.05, 0.1) is 0 Å². The Morgan fingerprint density at radius 1 is 1.20 bits per heavy atom. The lowest BCUT2D eigenvalue weighted by atomic mass is 10.0. The number of phenols is 2. The Labute approximate surface area is 118 Å². The number of halogens is 1. The third-order valence-corrected chi connectivity index (χ3v) is 3.14. The second-order valence-electron chi connectivity index (χ2n) is 4.93. The third-order valence-electron chi connectivity index (χ3n) is 3.14. The maximum Gasteiger partial charge on any atom is 0.160 e. The topological polar surface area (TPSA) is 57.5 Å². The molecule has 3 nitrogen and oxygen atoms in total. The number of aromatic hydroxyl groups is 2. The van der Waals surface area contributed by atoms with Crippen molar-refractivity contribution in [1.29, 1.82) is 0 Å². The molecule has 0 unspecified atom stereocenters. The Morgan fingerprint density at radius 2 is 1.85 bits per heavy atom. The summed E-state index contributed by atoms with van der Waals surface area (Å²) in [7, 11) is 0. The van der Waals surface area contributed by atoms with Crippen molar-refractivity contribution in [3.63, 3.8) is 0 Å². The van der Waals surface area contributed by atoms with Gasteiger partial charge in [-0.3, -0.25) is 4.79 Å². The predicted molar refractivity (Wildman–Crippen MR) is 77.1 cm³/mol. The largest absolute Gasteiger partial charge is 0.504 e. The van der Waals surface area contributed by atoms with Crippen LogP contribution < -0.4 is 0 Å². The Balaban J connectivity index is 2.73. The number of carbonyl (C=O) groups is 1. The first kappa shape index (κ1) is 16.2. The van der Waals surface area contributed by atoms with E-state index in [2.05, 4.69) is 6.92 Å². The molecule has 1 aromatic rings. The van der Waals surface area contributed by atoms with Gasteiger partial charge in [0.25, 0.3) is 0 Å². The SMILES string of the molecule is CCCCCCC(=O)/C=C(\C)c1cc(O)c(O)cc1F. The fraction of sp³-hybridized carbons (Fsp3) is 0.438. The van der Waals surface area contributed by atoms with E-state index in [-0.39, 0.29) is 11.3 Å². The fourth-order valence-electron chi connectivity index (χ4n) is 1.97. The van der Waals surface area contributed by atoms with Gasteiger partial charge in [-0.25, -0.2) is 4.39 Å². The van der Waals surface area contributed by atoms with Gasteiger partial charge in [0.2, 0.25) is 0 Å². The summed E-state index contributed by atoms with van der Waals surface area (Å²) in [6, 6.07) is 1.97. The van der Waals surface area contributed by atoms with Crippen LogP contribution in [0.2, 0.25) is 0 Å². The molecule has 4 heteroatoms. The molecule has 1 aromatic carbocycles. The van der Waals surface area contributed by atoms with E-state index in [1.807, 2.05) is 0 Å². The molecule has 0 saturated heterocycles. The van der Waals surface area contributed by atoms with Gasteiger partial charge in [-0.05, 0) is 31.1 Å². The molecule has 110 valence electrons. The number of benzene rings is 1. The van der Waals surface area contributed by atoms with Crippen molar-refractivity contribution in [2.24, 2.45) is 0 Å². The van der Waals surface area contributed by atoms with E-state index in [0.717, 1.165) is 37.8 Å². The van der Waals surface area contributed by atoms with Crippen LogP contribution >= 0.6 is 0 Å². The molecule has 2 N–H and O–H groups in total. The lowest BCUT2D eigenvalue weighted by molar-refractivity contribution is -0.114. The molecule has 0 aliphatic heterocycles. The third kappa shape index (κ3) is 4.68. The van der Waals surface area contributed by atoms with Crippen molar-refractivity contribution in [2.75, 3.05) is 0 Å². The van der Waals surface area contributed by atoms with E-state index in [1.54, 1.807) is 6.92 Å². The average molecular weight is 280 g/mol. The quantitative estimate of drug-likeness (QED) is 0.447. The number of rotatable bonds is 7. The summed E-state index contributed by atoms with van der Waals surface area (Å²) >= 11 is 0. The standard InChI is InChI=1S/C16H21FO3/c1-3-4-5-6-7-12(18)8-11(2)13-9-15(19)16(20)10-14(13)17/h8-10,19-20H,3-7H2,1-2H3/b11-8+. The van der Waals surface area contributed by atoms with Crippen molar-refractivity contribution < 1.29 is 19.4 Å². The second-order valence-corrected chi connectivity index (χ2v) is 4.93. The number of ketones is 1. The van der Waals surface area contributed by atoms with Gasteiger partial charge >= 0.3 is 0 Å². The van der Waals surface area contributed by atoms with Crippen LogP contribution in [-0.2, 0) is 4.79 Å². The summed E-state index contributed by atoms with van der Waals surface area (Å²) in [5.41, 5.74) is 0.570. The van der Waals surface area contributed by atoms with Crippen LogP contribution in [0, 0.1) is 5.82 Å². The van der Waals surface area contributed by atoms with Crippen molar-refractivity contribution >= 4 is 11.4 Å². The van der Waals surface area contributed by atoms with E-state index < -0.39 is 17.3 Å². The zero-order chi connectivity index (χ0) is 15.1. The molecular weight excluding hydrogens is 259 g/mol. The number of phenolic OH excluding ortho intramolecular Hbond substituents is 2. The zero-order valence-electron chi connectivity index (χ0n) is 11.9. The molecule has 0 radical (unpaired) electrons. The van der Waals surface area contributed by atoms with Gasteiger partial charge in [0.1, 0.15) is 5.82 Å². The summed E-state index contributed by atoms with van der Waals surface area (Å²) in [5, 5.41) is 18.6.